The van der Waals surface area contributed by atoms with E-state index in [0.717, 1.165) is 25.4 Å². The molecule has 0 radical (unpaired) electrons. The third-order valence-corrected chi connectivity index (χ3v) is 1.85. The zero-order valence-electron chi connectivity index (χ0n) is 8.63. The number of nitrogens with one attached hydrogen (secondary N) is 1. The maximum absolute atomic E-state index is 5.19. The van der Waals surface area contributed by atoms with Gasteiger partial charge < -0.3 is 14.6 Å². The topological polar surface area (TPSA) is 28.4 Å². The Morgan fingerprint density at radius 2 is 2.23 bits per heavy atom. The highest BCUT2D eigenvalue weighted by Gasteiger charge is 1.96. The van der Waals surface area contributed by atoms with Gasteiger partial charge in [0.1, 0.15) is 5.76 Å². The van der Waals surface area contributed by atoms with Crippen LogP contribution in [-0.2, 0) is 6.54 Å². The molecule has 0 aliphatic heterocycles. The summed E-state index contributed by atoms with van der Waals surface area (Å²) >= 11 is 0. The Morgan fingerprint density at radius 1 is 1.46 bits per heavy atom. The summed E-state index contributed by atoms with van der Waals surface area (Å²) in [4.78, 5) is 2.16. The van der Waals surface area contributed by atoms with Gasteiger partial charge in [-0.1, -0.05) is 0 Å². The van der Waals surface area contributed by atoms with Gasteiger partial charge in [0.25, 0.3) is 0 Å². The molecule has 0 bridgehead atoms. The molecule has 0 saturated heterocycles. The van der Waals surface area contributed by atoms with E-state index in [2.05, 4.69) is 30.4 Å². The molecule has 0 aliphatic rings. The van der Waals surface area contributed by atoms with Gasteiger partial charge in [0.15, 0.2) is 0 Å². The van der Waals surface area contributed by atoms with Gasteiger partial charge in [-0.05, 0) is 27.1 Å². The average molecular weight is 182 g/mol. The molecular formula is C10H18N2O. The molecule has 1 aromatic rings. The summed E-state index contributed by atoms with van der Waals surface area (Å²) in [6, 6.07) is 2.06. The summed E-state index contributed by atoms with van der Waals surface area (Å²) in [6.45, 7) is 4.93. The van der Waals surface area contributed by atoms with E-state index in [9.17, 15) is 0 Å². The second kappa shape index (κ2) is 5.04. The Kier molecular flexibility index (Phi) is 3.99. The lowest BCUT2D eigenvalue weighted by atomic mass is 10.3. The van der Waals surface area contributed by atoms with E-state index in [-0.39, 0.29) is 0 Å². The molecule has 0 saturated carbocycles. The monoisotopic (exact) mass is 182 g/mol. The van der Waals surface area contributed by atoms with E-state index in [0.29, 0.717) is 0 Å². The molecule has 0 atom stereocenters. The van der Waals surface area contributed by atoms with Crippen LogP contribution in [0.3, 0.4) is 0 Å². The molecule has 1 N–H and O–H groups in total. The number of aryl methyl sites for hydroxylation is 1. The van der Waals surface area contributed by atoms with Gasteiger partial charge in [0.05, 0.1) is 6.26 Å². The van der Waals surface area contributed by atoms with Crippen LogP contribution in [0.1, 0.15) is 11.3 Å². The second-order valence-corrected chi connectivity index (χ2v) is 3.55. The minimum atomic E-state index is 0.894. The first-order chi connectivity index (χ1) is 6.18. The summed E-state index contributed by atoms with van der Waals surface area (Å²) in [5.41, 5.74) is 1.22. The van der Waals surface area contributed by atoms with Crippen molar-refractivity contribution in [3.63, 3.8) is 0 Å². The number of nitrogens with zero attached hydrogens (tertiary/aromatic N) is 1. The standard InChI is InChI=1S/C10H18N2O/c1-9-6-10(8-13-9)7-11-4-5-12(2)3/h6,8,11H,4-5,7H2,1-3H3. The third kappa shape index (κ3) is 4.10. The van der Waals surface area contributed by atoms with Gasteiger partial charge >= 0.3 is 0 Å². The Bertz CT molecular complexity index is 243. The van der Waals surface area contributed by atoms with Gasteiger partial charge in [-0.15, -0.1) is 0 Å². The molecule has 0 spiro atoms. The predicted molar refractivity (Wildman–Crippen MR) is 53.7 cm³/mol. The molecule has 0 aromatic carbocycles. The van der Waals surface area contributed by atoms with Crippen molar-refractivity contribution in [3.05, 3.63) is 23.7 Å². The first-order valence-corrected chi connectivity index (χ1v) is 4.58. The predicted octanol–water partition coefficient (Wildman–Crippen LogP) is 1.24. The first-order valence-electron chi connectivity index (χ1n) is 4.58. The molecule has 3 nitrogen and oxygen atoms in total. The number of hydrogen-bond donors (Lipinski definition) is 1. The first kappa shape index (κ1) is 10.3. The summed E-state index contributed by atoms with van der Waals surface area (Å²) in [7, 11) is 4.15. The van der Waals surface area contributed by atoms with Gasteiger partial charge in [0.2, 0.25) is 0 Å². The summed E-state index contributed by atoms with van der Waals surface area (Å²) < 4.78 is 5.19. The zero-order valence-corrected chi connectivity index (χ0v) is 8.63. The van der Waals surface area contributed by atoms with Crippen LogP contribution >= 0.6 is 0 Å². The van der Waals surface area contributed by atoms with Gasteiger partial charge in [-0.25, -0.2) is 0 Å². The van der Waals surface area contributed by atoms with E-state index in [1.165, 1.54) is 5.56 Å². The highest BCUT2D eigenvalue weighted by Crippen LogP contribution is 2.04. The summed E-state index contributed by atoms with van der Waals surface area (Å²) in [5.74, 6) is 0.976. The van der Waals surface area contributed by atoms with Crippen LogP contribution in [0, 0.1) is 6.92 Å². The van der Waals surface area contributed by atoms with Gasteiger partial charge in [-0.2, -0.15) is 0 Å². The van der Waals surface area contributed by atoms with Crippen molar-refractivity contribution in [1.29, 1.82) is 0 Å². The van der Waals surface area contributed by atoms with Crippen LogP contribution in [-0.4, -0.2) is 32.1 Å². The number of likely N-dealkylation sites (N-methyl/N-ethyl adjacent to an activating group) is 1. The average Bonchev–Trinajstić information content (AvgIpc) is 2.45. The molecule has 3 heteroatoms. The third-order valence-electron chi connectivity index (χ3n) is 1.85. The molecule has 1 heterocycles. The van der Waals surface area contributed by atoms with Crippen molar-refractivity contribution in [2.75, 3.05) is 27.2 Å². The van der Waals surface area contributed by atoms with Crippen LogP contribution in [0.4, 0.5) is 0 Å². The van der Waals surface area contributed by atoms with Gasteiger partial charge in [0, 0.05) is 25.2 Å². The minimum absolute atomic E-state index is 0.894. The SMILES string of the molecule is Cc1cc(CNCCN(C)C)co1. The van der Waals surface area contributed by atoms with Gasteiger partial charge in [-0.3, -0.25) is 0 Å². The van der Waals surface area contributed by atoms with Crippen molar-refractivity contribution in [2.45, 2.75) is 13.5 Å². The molecule has 74 valence electrons. The molecule has 13 heavy (non-hydrogen) atoms. The molecular weight excluding hydrogens is 164 g/mol. The largest absolute Gasteiger partial charge is 0.469 e. The molecule has 1 rings (SSSR count). The lowest BCUT2D eigenvalue weighted by Crippen LogP contribution is -2.25. The fourth-order valence-electron chi connectivity index (χ4n) is 1.13. The maximum Gasteiger partial charge on any atom is 0.101 e. The quantitative estimate of drug-likeness (QED) is 0.694. The van der Waals surface area contributed by atoms with Crippen molar-refractivity contribution in [2.24, 2.45) is 0 Å². The summed E-state index contributed by atoms with van der Waals surface area (Å²) in [6.07, 6.45) is 1.80. The number of rotatable bonds is 5. The molecule has 1 aromatic heterocycles. The van der Waals surface area contributed by atoms with Crippen LogP contribution in [0.25, 0.3) is 0 Å². The maximum atomic E-state index is 5.19. The van der Waals surface area contributed by atoms with Crippen molar-refractivity contribution in [3.8, 4) is 0 Å². The number of furan rings is 1. The van der Waals surface area contributed by atoms with E-state index in [4.69, 9.17) is 4.42 Å². The van der Waals surface area contributed by atoms with Crippen LogP contribution in [0.2, 0.25) is 0 Å². The lowest BCUT2D eigenvalue weighted by Gasteiger charge is -2.09. The second-order valence-electron chi connectivity index (χ2n) is 3.55. The zero-order chi connectivity index (χ0) is 9.68. The molecule has 0 fully saturated rings. The Balaban J connectivity index is 2.13. The highest BCUT2D eigenvalue weighted by molar-refractivity contribution is 5.10. The Labute approximate surface area is 79.7 Å². The lowest BCUT2D eigenvalue weighted by molar-refractivity contribution is 0.399. The Hall–Kier alpha value is -0.800. The van der Waals surface area contributed by atoms with E-state index in [1.807, 2.05) is 6.92 Å². The van der Waals surface area contributed by atoms with E-state index >= 15 is 0 Å². The minimum Gasteiger partial charge on any atom is -0.469 e. The van der Waals surface area contributed by atoms with Crippen molar-refractivity contribution < 1.29 is 4.42 Å². The Morgan fingerprint density at radius 3 is 2.77 bits per heavy atom. The number of hydrogen-bond acceptors (Lipinski definition) is 3. The normalized spacial score (nSPS) is 11.1. The molecule has 0 aliphatic carbocycles. The van der Waals surface area contributed by atoms with Crippen molar-refractivity contribution >= 4 is 0 Å². The van der Waals surface area contributed by atoms with Crippen LogP contribution in [0.15, 0.2) is 16.7 Å². The van der Waals surface area contributed by atoms with Crippen molar-refractivity contribution in [1.82, 2.24) is 10.2 Å². The summed E-state index contributed by atoms with van der Waals surface area (Å²) in [5, 5.41) is 3.34. The molecule has 0 amide bonds. The van der Waals surface area contributed by atoms with E-state index < -0.39 is 0 Å². The fourth-order valence-corrected chi connectivity index (χ4v) is 1.13. The van der Waals surface area contributed by atoms with Crippen LogP contribution in [0.5, 0.6) is 0 Å². The molecule has 0 unspecified atom stereocenters. The fraction of sp³-hybridized carbons (Fsp3) is 0.600. The highest BCUT2D eigenvalue weighted by atomic mass is 16.3. The van der Waals surface area contributed by atoms with Crippen LogP contribution < -0.4 is 5.32 Å². The van der Waals surface area contributed by atoms with E-state index in [1.54, 1.807) is 6.26 Å². The smallest absolute Gasteiger partial charge is 0.101 e.